The number of carbonyl (C=O) groups is 2. The number of carbonyl (C=O) groups excluding carboxylic acids is 2. The monoisotopic (exact) mass is 522 g/mol. The van der Waals surface area contributed by atoms with Crippen LogP contribution >= 0.6 is 0 Å². The molecular formula is C27H33F3N2O5. The fourth-order valence-corrected chi connectivity index (χ4v) is 4.37. The van der Waals surface area contributed by atoms with Gasteiger partial charge in [-0.25, -0.2) is 4.79 Å². The number of nitrogens with one attached hydrogen (secondary N) is 1. The van der Waals surface area contributed by atoms with Crippen LogP contribution in [0.25, 0.3) is 11.1 Å². The second-order valence-electron chi connectivity index (χ2n) is 9.95. The van der Waals surface area contributed by atoms with E-state index < -0.39 is 48.3 Å². The van der Waals surface area contributed by atoms with E-state index in [1.54, 1.807) is 20.8 Å². The van der Waals surface area contributed by atoms with E-state index in [1.165, 1.54) is 12.0 Å². The van der Waals surface area contributed by atoms with Crippen molar-refractivity contribution in [1.29, 1.82) is 0 Å². The molecule has 3 atom stereocenters. The van der Waals surface area contributed by atoms with Crippen molar-refractivity contribution in [3.05, 3.63) is 60.2 Å². The summed E-state index contributed by atoms with van der Waals surface area (Å²) in [7, 11) is 1.44. The highest BCUT2D eigenvalue weighted by Crippen LogP contribution is 2.37. The van der Waals surface area contributed by atoms with Gasteiger partial charge in [0.1, 0.15) is 18.9 Å². The van der Waals surface area contributed by atoms with Gasteiger partial charge in [0.2, 0.25) is 5.91 Å². The van der Waals surface area contributed by atoms with Gasteiger partial charge in [-0.2, -0.15) is 13.2 Å². The van der Waals surface area contributed by atoms with E-state index in [-0.39, 0.29) is 19.9 Å². The minimum atomic E-state index is -4.58. The quantitative estimate of drug-likeness (QED) is 0.520. The zero-order valence-corrected chi connectivity index (χ0v) is 21.4. The average Bonchev–Trinajstić information content (AvgIpc) is 2.84. The zero-order chi connectivity index (χ0) is 27.2. The Balaban J connectivity index is 2.01. The Morgan fingerprint density at radius 1 is 1.00 bits per heavy atom. The first-order valence-electron chi connectivity index (χ1n) is 12.0. The van der Waals surface area contributed by atoms with Gasteiger partial charge in [-0.05, 0) is 37.5 Å². The third-order valence-electron chi connectivity index (χ3n) is 5.88. The Kier molecular flexibility index (Phi) is 9.20. The number of methoxy groups -OCH3 is 1. The molecule has 0 saturated carbocycles. The number of rotatable bonds is 7. The molecule has 7 nitrogen and oxygen atoms in total. The molecule has 0 bridgehead atoms. The molecular weight excluding hydrogens is 489 g/mol. The average molecular weight is 523 g/mol. The highest BCUT2D eigenvalue weighted by Gasteiger charge is 2.45. The first-order valence-corrected chi connectivity index (χ1v) is 12.0. The van der Waals surface area contributed by atoms with E-state index in [0.29, 0.717) is 5.56 Å². The number of hydrogen-bond acceptors (Lipinski definition) is 5. The highest BCUT2D eigenvalue weighted by molar-refractivity contribution is 5.81. The van der Waals surface area contributed by atoms with Crippen molar-refractivity contribution < 1.29 is 37.0 Å². The first kappa shape index (κ1) is 28.5. The number of ether oxygens (including phenoxy) is 3. The minimum Gasteiger partial charge on any atom is -0.444 e. The minimum absolute atomic E-state index is 0.0710. The summed E-state index contributed by atoms with van der Waals surface area (Å²) >= 11 is 0. The SMILES string of the molecule is COCO[C@@H]1CN(C(=O)OC(C)(C)C)C[C@H](C(=O)NCC(F)(F)F)[C@H]1c1cccc(-c2ccccc2)c1. The molecule has 0 radical (unpaired) electrons. The summed E-state index contributed by atoms with van der Waals surface area (Å²) in [6.45, 7) is 3.46. The van der Waals surface area contributed by atoms with Gasteiger partial charge in [-0.3, -0.25) is 4.79 Å². The van der Waals surface area contributed by atoms with Crippen molar-refractivity contribution in [3.63, 3.8) is 0 Å². The van der Waals surface area contributed by atoms with Crippen LogP contribution in [0, 0.1) is 5.92 Å². The molecule has 1 saturated heterocycles. The van der Waals surface area contributed by atoms with Crippen LogP contribution in [0.2, 0.25) is 0 Å². The Morgan fingerprint density at radius 2 is 1.68 bits per heavy atom. The van der Waals surface area contributed by atoms with Crippen molar-refractivity contribution in [3.8, 4) is 11.1 Å². The summed E-state index contributed by atoms with van der Waals surface area (Å²) in [4.78, 5) is 27.4. The van der Waals surface area contributed by atoms with Crippen molar-refractivity contribution >= 4 is 12.0 Å². The number of likely N-dealkylation sites (tertiary alicyclic amines) is 1. The molecule has 1 aliphatic heterocycles. The van der Waals surface area contributed by atoms with Gasteiger partial charge >= 0.3 is 12.3 Å². The number of hydrogen-bond donors (Lipinski definition) is 1. The smallest absolute Gasteiger partial charge is 0.410 e. The van der Waals surface area contributed by atoms with Gasteiger partial charge in [-0.1, -0.05) is 54.6 Å². The summed E-state index contributed by atoms with van der Waals surface area (Å²) in [6.07, 6.45) is -6.00. The molecule has 3 rings (SSSR count). The maximum absolute atomic E-state index is 13.2. The van der Waals surface area contributed by atoms with E-state index in [1.807, 2.05) is 59.9 Å². The lowest BCUT2D eigenvalue weighted by Crippen LogP contribution is -2.56. The zero-order valence-electron chi connectivity index (χ0n) is 21.4. The number of amides is 2. The number of piperidine rings is 1. The van der Waals surface area contributed by atoms with Crippen LogP contribution in [0.15, 0.2) is 54.6 Å². The Hall–Kier alpha value is -3.11. The van der Waals surface area contributed by atoms with Gasteiger partial charge < -0.3 is 24.4 Å². The molecule has 0 unspecified atom stereocenters. The highest BCUT2D eigenvalue weighted by atomic mass is 19.4. The van der Waals surface area contributed by atoms with Gasteiger partial charge in [0.15, 0.2) is 0 Å². The second-order valence-corrected chi connectivity index (χ2v) is 9.95. The van der Waals surface area contributed by atoms with Crippen LogP contribution in [0.1, 0.15) is 32.3 Å². The maximum atomic E-state index is 13.2. The number of benzene rings is 2. The van der Waals surface area contributed by atoms with Crippen LogP contribution in [0.4, 0.5) is 18.0 Å². The van der Waals surface area contributed by atoms with Gasteiger partial charge in [0.05, 0.1) is 18.6 Å². The van der Waals surface area contributed by atoms with E-state index in [2.05, 4.69) is 0 Å². The molecule has 0 aliphatic carbocycles. The summed E-state index contributed by atoms with van der Waals surface area (Å²) in [5, 5.41) is 1.99. The molecule has 1 aliphatic rings. The fraction of sp³-hybridized carbons (Fsp3) is 0.481. The topological polar surface area (TPSA) is 77.1 Å². The number of alkyl halides is 3. The predicted molar refractivity (Wildman–Crippen MR) is 132 cm³/mol. The van der Waals surface area contributed by atoms with Crippen LogP contribution in [0.3, 0.4) is 0 Å². The molecule has 2 aromatic rings. The standard InChI is InChI=1S/C27H33F3N2O5/c1-26(2,3)37-25(34)32-14-21(24(33)31-16-27(28,29)30)23(22(15-32)36-17-35-4)20-12-8-11-19(13-20)18-9-6-5-7-10-18/h5-13,21-23H,14-17H2,1-4H3,(H,31,33)/t21-,22+,23+/m0/s1. The lowest BCUT2D eigenvalue weighted by Gasteiger charge is -2.43. The Bertz CT molecular complexity index is 1060. The van der Waals surface area contributed by atoms with Crippen LogP contribution < -0.4 is 5.32 Å². The Morgan fingerprint density at radius 3 is 2.30 bits per heavy atom. The normalized spacial score (nSPS) is 20.4. The van der Waals surface area contributed by atoms with E-state index in [9.17, 15) is 22.8 Å². The summed E-state index contributed by atoms with van der Waals surface area (Å²) in [5.74, 6) is -2.51. The van der Waals surface area contributed by atoms with Crippen molar-refractivity contribution in [2.75, 3.05) is 33.5 Å². The lowest BCUT2D eigenvalue weighted by molar-refractivity contribution is -0.147. The van der Waals surface area contributed by atoms with Crippen LogP contribution in [0.5, 0.6) is 0 Å². The first-order chi connectivity index (χ1) is 17.4. The number of halogens is 3. The number of nitrogens with zero attached hydrogens (tertiary/aromatic N) is 1. The molecule has 0 aromatic heterocycles. The van der Waals surface area contributed by atoms with E-state index >= 15 is 0 Å². The van der Waals surface area contributed by atoms with Gasteiger partial charge in [0.25, 0.3) is 0 Å². The van der Waals surface area contributed by atoms with Crippen molar-refractivity contribution in [2.24, 2.45) is 5.92 Å². The molecule has 2 amide bonds. The molecule has 10 heteroatoms. The predicted octanol–water partition coefficient (Wildman–Crippen LogP) is 4.97. The summed E-state index contributed by atoms with van der Waals surface area (Å²) in [6, 6.07) is 17.0. The van der Waals surface area contributed by atoms with Crippen molar-refractivity contribution in [2.45, 2.75) is 44.6 Å². The third kappa shape index (κ3) is 8.19. The lowest BCUT2D eigenvalue weighted by atomic mass is 9.77. The van der Waals surface area contributed by atoms with Crippen molar-refractivity contribution in [1.82, 2.24) is 10.2 Å². The molecule has 1 fully saturated rings. The van der Waals surface area contributed by atoms with Gasteiger partial charge in [0, 0.05) is 19.6 Å². The summed E-state index contributed by atoms with van der Waals surface area (Å²) in [5.41, 5.74) is 1.74. The van der Waals surface area contributed by atoms with E-state index in [0.717, 1.165) is 11.1 Å². The summed E-state index contributed by atoms with van der Waals surface area (Å²) < 4.78 is 55.3. The fourth-order valence-electron chi connectivity index (χ4n) is 4.37. The largest absolute Gasteiger partial charge is 0.444 e. The molecule has 202 valence electrons. The van der Waals surface area contributed by atoms with Crippen LogP contribution in [-0.4, -0.2) is 68.3 Å². The second kappa shape index (κ2) is 12.0. The third-order valence-corrected chi connectivity index (χ3v) is 5.88. The molecule has 1 heterocycles. The van der Waals surface area contributed by atoms with Gasteiger partial charge in [-0.15, -0.1) is 0 Å². The molecule has 0 spiro atoms. The van der Waals surface area contributed by atoms with E-state index in [4.69, 9.17) is 14.2 Å². The van der Waals surface area contributed by atoms with Crippen LogP contribution in [-0.2, 0) is 19.0 Å². The molecule has 2 aromatic carbocycles. The Labute approximate surface area is 214 Å². The molecule has 37 heavy (non-hydrogen) atoms. The maximum Gasteiger partial charge on any atom is 0.410 e. The molecule has 1 N–H and O–H groups in total.